The van der Waals surface area contributed by atoms with E-state index in [0.29, 0.717) is 25.9 Å². The van der Waals surface area contributed by atoms with Crippen molar-refractivity contribution in [3.05, 3.63) is 29.8 Å². The van der Waals surface area contributed by atoms with Gasteiger partial charge in [-0.2, -0.15) is 0 Å². The third-order valence-corrected chi connectivity index (χ3v) is 5.46. The number of fused-ring (bicyclic) bond motifs is 1. The van der Waals surface area contributed by atoms with Gasteiger partial charge in [-0.05, 0) is 50.2 Å². The first-order valence-corrected chi connectivity index (χ1v) is 9.00. The third kappa shape index (κ3) is 2.71. The van der Waals surface area contributed by atoms with Crippen LogP contribution in [0.15, 0.2) is 24.3 Å². The van der Waals surface area contributed by atoms with E-state index in [-0.39, 0.29) is 17.9 Å². The van der Waals surface area contributed by atoms with Gasteiger partial charge in [0.2, 0.25) is 11.8 Å². The maximum Gasteiger partial charge on any atom is 0.242 e. The van der Waals surface area contributed by atoms with Gasteiger partial charge < -0.3 is 15.0 Å². The summed E-state index contributed by atoms with van der Waals surface area (Å²) in [6.07, 6.45) is 5.41. The molecular weight excluding hydrogens is 304 g/mol. The van der Waals surface area contributed by atoms with E-state index in [1.54, 1.807) is 0 Å². The molecule has 1 N–H and O–H groups in total. The van der Waals surface area contributed by atoms with Crippen LogP contribution in [0.4, 0.5) is 5.69 Å². The molecule has 5 heteroatoms. The molecule has 0 bridgehead atoms. The highest BCUT2D eigenvalue weighted by atomic mass is 16.5. The average Bonchev–Trinajstić information content (AvgIpc) is 3.27. The van der Waals surface area contributed by atoms with E-state index in [1.807, 2.05) is 23.1 Å². The molecule has 2 aliphatic heterocycles. The zero-order chi connectivity index (χ0) is 16.6. The third-order valence-electron chi connectivity index (χ3n) is 5.46. The summed E-state index contributed by atoms with van der Waals surface area (Å²) in [6.45, 7) is 2.00. The quantitative estimate of drug-likeness (QED) is 0.861. The summed E-state index contributed by atoms with van der Waals surface area (Å²) in [6, 6.07) is 8.04. The molecule has 2 amide bonds. The molecule has 0 spiro atoms. The van der Waals surface area contributed by atoms with Crippen molar-refractivity contribution in [1.82, 2.24) is 5.32 Å². The Morgan fingerprint density at radius 2 is 2.08 bits per heavy atom. The minimum absolute atomic E-state index is 0.0282. The number of aryl methyl sites for hydroxylation is 1. The standard InChI is InChI=1S/C19H24N2O3/c22-17(20-13-15-7-4-12-24-15)19(9-10-19)18(23)21-11-3-6-14-5-1-2-8-16(14)21/h1-2,5,8,15H,3-4,6-7,9-13H2,(H,20,22). The van der Waals surface area contributed by atoms with Crippen molar-refractivity contribution in [3.8, 4) is 0 Å². The van der Waals surface area contributed by atoms with Crippen LogP contribution in [0.1, 0.15) is 37.7 Å². The second kappa shape index (κ2) is 6.20. The number of hydrogen-bond acceptors (Lipinski definition) is 3. The van der Waals surface area contributed by atoms with E-state index in [2.05, 4.69) is 11.4 Å². The molecule has 2 fully saturated rings. The normalized spacial score (nSPS) is 24.3. The minimum Gasteiger partial charge on any atom is -0.376 e. The Bertz CT molecular complexity index is 648. The fourth-order valence-electron chi connectivity index (χ4n) is 3.85. The lowest BCUT2D eigenvalue weighted by Gasteiger charge is -2.32. The molecule has 1 unspecified atom stereocenters. The van der Waals surface area contributed by atoms with Crippen LogP contribution < -0.4 is 10.2 Å². The van der Waals surface area contributed by atoms with Gasteiger partial charge >= 0.3 is 0 Å². The van der Waals surface area contributed by atoms with Crippen LogP contribution in [0.25, 0.3) is 0 Å². The van der Waals surface area contributed by atoms with E-state index < -0.39 is 5.41 Å². The van der Waals surface area contributed by atoms with Gasteiger partial charge in [-0.3, -0.25) is 9.59 Å². The summed E-state index contributed by atoms with van der Waals surface area (Å²) in [7, 11) is 0. The van der Waals surface area contributed by atoms with Gasteiger partial charge in [0.05, 0.1) is 6.10 Å². The number of rotatable bonds is 4. The SMILES string of the molecule is O=C(NCC1CCCO1)C1(C(=O)N2CCCc3ccccc32)CC1. The monoisotopic (exact) mass is 328 g/mol. The molecule has 0 radical (unpaired) electrons. The Morgan fingerprint density at radius 3 is 2.83 bits per heavy atom. The molecule has 128 valence electrons. The molecule has 1 saturated heterocycles. The van der Waals surface area contributed by atoms with E-state index in [1.165, 1.54) is 5.56 Å². The molecule has 1 aromatic carbocycles. The first-order valence-electron chi connectivity index (χ1n) is 9.00. The summed E-state index contributed by atoms with van der Waals surface area (Å²) in [4.78, 5) is 27.6. The Balaban J connectivity index is 1.46. The number of carbonyl (C=O) groups excluding carboxylic acids is 2. The van der Waals surface area contributed by atoms with Crippen LogP contribution in [0.5, 0.6) is 0 Å². The van der Waals surface area contributed by atoms with Crippen molar-refractivity contribution in [1.29, 1.82) is 0 Å². The van der Waals surface area contributed by atoms with Gasteiger partial charge in [-0.25, -0.2) is 0 Å². The maximum absolute atomic E-state index is 13.1. The first-order chi connectivity index (χ1) is 11.7. The summed E-state index contributed by atoms with van der Waals surface area (Å²) >= 11 is 0. The van der Waals surface area contributed by atoms with Crippen molar-refractivity contribution in [2.45, 2.75) is 44.6 Å². The van der Waals surface area contributed by atoms with E-state index in [4.69, 9.17) is 4.74 Å². The molecule has 4 rings (SSSR count). The van der Waals surface area contributed by atoms with Crippen LogP contribution in [-0.4, -0.2) is 37.6 Å². The van der Waals surface area contributed by atoms with Gasteiger partial charge in [0.15, 0.2) is 0 Å². The predicted molar refractivity (Wildman–Crippen MR) is 90.8 cm³/mol. The largest absolute Gasteiger partial charge is 0.376 e. The fourth-order valence-corrected chi connectivity index (χ4v) is 3.85. The van der Waals surface area contributed by atoms with E-state index in [0.717, 1.165) is 38.0 Å². The molecule has 1 saturated carbocycles. The summed E-state index contributed by atoms with van der Waals surface area (Å²) in [5.74, 6) is -0.148. The number of ether oxygens (including phenoxy) is 1. The highest BCUT2D eigenvalue weighted by Gasteiger charge is 2.58. The number of carbonyl (C=O) groups is 2. The van der Waals surface area contributed by atoms with Crippen molar-refractivity contribution >= 4 is 17.5 Å². The second-order valence-corrected chi connectivity index (χ2v) is 7.12. The van der Waals surface area contributed by atoms with Crippen molar-refractivity contribution in [2.75, 3.05) is 24.6 Å². The minimum atomic E-state index is -0.844. The van der Waals surface area contributed by atoms with Crippen LogP contribution in [-0.2, 0) is 20.7 Å². The molecule has 0 aromatic heterocycles. The Labute approximate surface area is 142 Å². The number of amides is 2. The number of nitrogens with zero attached hydrogens (tertiary/aromatic N) is 1. The van der Waals surface area contributed by atoms with Crippen molar-refractivity contribution in [3.63, 3.8) is 0 Å². The van der Waals surface area contributed by atoms with Crippen LogP contribution >= 0.6 is 0 Å². The maximum atomic E-state index is 13.1. The molecule has 24 heavy (non-hydrogen) atoms. The molecule has 1 aromatic rings. The lowest BCUT2D eigenvalue weighted by molar-refractivity contribution is -0.136. The zero-order valence-corrected chi connectivity index (χ0v) is 13.9. The van der Waals surface area contributed by atoms with Crippen molar-refractivity contribution in [2.24, 2.45) is 5.41 Å². The van der Waals surface area contributed by atoms with Gasteiger partial charge in [0.25, 0.3) is 0 Å². The number of nitrogens with one attached hydrogen (secondary N) is 1. The van der Waals surface area contributed by atoms with E-state index >= 15 is 0 Å². The number of hydrogen-bond donors (Lipinski definition) is 1. The second-order valence-electron chi connectivity index (χ2n) is 7.12. The van der Waals surface area contributed by atoms with Crippen molar-refractivity contribution < 1.29 is 14.3 Å². The van der Waals surface area contributed by atoms with Gasteiger partial charge in [-0.1, -0.05) is 18.2 Å². The number of para-hydroxylation sites is 1. The molecule has 1 atom stereocenters. The number of anilines is 1. The van der Waals surface area contributed by atoms with E-state index in [9.17, 15) is 9.59 Å². The van der Waals surface area contributed by atoms with Crippen LogP contribution in [0.3, 0.4) is 0 Å². The number of benzene rings is 1. The highest BCUT2D eigenvalue weighted by molar-refractivity contribution is 6.14. The Kier molecular flexibility index (Phi) is 4.04. The molecule has 3 aliphatic rings. The van der Waals surface area contributed by atoms with Gasteiger partial charge in [0, 0.05) is 25.4 Å². The van der Waals surface area contributed by atoms with Gasteiger partial charge in [0.1, 0.15) is 5.41 Å². The Morgan fingerprint density at radius 1 is 1.25 bits per heavy atom. The molecule has 2 heterocycles. The lowest BCUT2D eigenvalue weighted by atomic mass is 9.97. The smallest absolute Gasteiger partial charge is 0.242 e. The highest BCUT2D eigenvalue weighted by Crippen LogP contribution is 2.48. The molecule has 5 nitrogen and oxygen atoms in total. The zero-order valence-electron chi connectivity index (χ0n) is 13.9. The Hall–Kier alpha value is -1.88. The molecular formula is C19H24N2O3. The summed E-state index contributed by atoms with van der Waals surface area (Å²) in [5, 5.41) is 2.96. The average molecular weight is 328 g/mol. The van der Waals surface area contributed by atoms with Crippen LogP contribution in [0, 0.1) is 5.41 Å². The van der Waals surface area contributed by atoms with Crippen LogP contribution in [0.2, 0.25) is 0 Å². The fraction of sp³-hybridized carbons (Fsp3) is 0.579. The van der Waals surface area contributed by atoms with Gasteiger partial charge in [-0.15, -0.1) is 0 Å². The summed E-state index contributed by atoms with van der Waals surface area (Å²) in [5.41, 5.74) is 1.34. The molecule has 1 aliphatic carbocycles. The lowest BCUT2D eigenvalue weighted by Crippen LogP contribution is -2.48. The first kappa shape index (κ1) is 15.6. The predicted octanol–water partition coefficient (Wildman–Crippen LogP) is 2.04. The topological polar surface area (TPSA) is 58.6 Å². The summed E-state index contributed by atoms with van der Waals surface area (Å²) < 4.78 is 5.55.